The maximum atomic E-state index is 12.5. The van der Waals surface area contributed by atoms with Gasteiger partial charge in [-0.1, -0.05) is 38.1 Å². The molecule has 3 rings (SSSR count). The number of hydrogen-bond donors (Lipinski definition) is 2. The van der Waals surface area contributed by atoms with E-state index in [1.54, 1.807) is 30.3 Å². The van der Waals surface area contributed by atoms with Crippen molar-refractivity contribution >= 4 is 23.1 Å². The molecule has 6 heteroatoms. The van der Waals surface area contributed by atoms with Crippen molar-refractivity contribution in [2.45, 2.75) is 19.8 Å². The first-order valence-corrected chi connectivity index (χ1v) is 8.58. The van der Waals surface area contributed by atoms with Crippen LogP contribution >= 0.6 is 0 Å². The molecule has 0 aliphatic rings. The number of nitrogens with zero attached hydrogens (tertiary/aromatic N) is 3. The number of rotatable bonds is 5. The molecule has 2 aromatic carbocycles. The molecule has 6 nitrogen and oxygen atoms in total. The summed E-state index contributed by atoms with van der Waals surface area (Å²) < 4.78 is 0. The largest absolute Gasteiger partial charge is 0.339 e. The highest BCUT2D eigenvalue weighted by atomic mass is 16.1. The summed E-state index contributed by atoms with van der Waals surface area (Å²) in [5.41, 5.74) is 3.34. The van der Waals surface area contributed by atoms with Crippen LogP contribution in [0.25, 0.3) is 0 Å². The Morgan fingerprint density at radius 2 is 1.85 bits per heavy atom. The second kappa shape index (κ2) is 8.11. The molecule has 1 aromatic heterocycles. The van der Waals surface area contributed by atoms with E-state index in [1.807, 2.05) is 30.3 Å². The van der Waals surface area contributed by atoms with Gasteiger partial charge in [0.1, 0.15) is 0 Å². The number of amides is 1. The Kier molecular flexibility index (Phi) is 5.43. The minimum Gasteiger partial charge on any atom is -0.339 e. The zero-order chi connectivity index (χ0) is 19.2. The summed E-state index contributed by atoms with van der Waals surface area (Å²) in [7, 11) is 0. The molecule has 0 unspecified atom stereocenters. The summed E-state index contributed by atoms with van der Waals surface area (Å²) in [4.78, 5) is 12.5. The molecule has 0 bridgehead atoms. The third-order valence-corrected chi connectivity index (χ3v) is 3.99. The summed E-state index contributed by atoms with van der Waals surface area (Å²) >= 11 is 0. The minimum absolute atomic E-state index is 0.227. The molecule has 3 aromatic rings. The van der Waals surface area contributed by atoms with Gasteiger partial charge in [0, 0.05) is 11.4 Å². The Morgan fingerprint density at radius 1 is 1.04 bits per heavy atom. The van der Waals surface area contributed by atoms with Crippen LogP contribution in [0.3, 0.4) is 0 Å². The number of para-hydroxylation sites is 1. The normalized spacial score (nSPS) is 10.3. The van der Waals surface area contributed by atoms with Crippen LogP contribution in [0.15, 0.2) is 60.7 Å². The lowest BCUT2D eigenvalue weighted by Crippen LogP contribution is -2.16. The van der Waals surface area contributed by atoms with Gasteiger partial charge >= 0.3 is 0 Å². The second-order valence-corrected chi connectivity index (χ2v) is 6.32. The topological polar surface area (TPSA) is 90.7 Å². The van der Waals surface area contributed by atoms with Gasteiger partial charge < -0.3 is 10.6 Å². The molecule has 0 aliphatic carbocycles. The van der Waals surface area contributed by atoms with E-state index < -0.39 is 0 Å². The number of hydrogen-bond acceptors (Lipinski definition) is 5. The highest BCUT2D eigenvalue weighted by molar-refractivity contribution is 6.03. The maximum Gasteiger partial charge on any atom is 0.276 e. The first kappa shape index (κ1) is 18.1. The van der Waals surface area contributed by atoms with Crippen molar-refractivity contribution < 1.29 is 4.79 Å². The molecule has 27 heavy (non-hydrogen) atoms. The van der Waals surface area contributed by atoms with Crippen LogP contribution in [0.1, 0.15) is 41.4 Å². The van der Waals surface area contributed by atoms with Crippen LogP contribution in [0.2, 0.25) is 0 Å². The number of benzene rings is 2. The lowest BCUT2D eigenvalue weighted by Gasteiger charge is -2.13. The summed E-state index contributed by atoms with van der Waals surface area (Å²) in [6, 6.07) is 20.1. The van der Waals surface area contributed by atoms with Gasteiger partial charge in [-0.25, -0.2) is 0 Å². The van der Waals surface area contributed by atoms with Crippen LogP contribution in [0, 0.1) is 11.3 Å². The zero-order valence-electron chi connectivity index (χ0n) is 15.1. The minimum atomic E-state index is -0.311. The molecule has 0 saturated heterocycles. The van der Waals surface area contributed by atoms with Gasteiger partial charge in [-0.15, -0.1) is 10.2 Å². The molecule has 1 heterocycles. The van der Waals surface area contributed by atoms with Crippen LogP contribution < -0.4 is 10.6 Å². The molecular formula is C21H19N5O. The Labute approximate surface area is 157 Å². The van der Waals surface area contributed by atoms with Crippen molar-refractivity contribution in [3.05, 3.63) is 77.5 Å². The molecule has 0 spiro atoms. The highest BCUT2D eigenvalue weighted by Gasteiger charge is 2.12. The number of anilines is 3. The van der Waals surface area contributed by atoms with E-state index in [-0.39, 0.29) is 11.6 Å². The highest BCUT2D eigenvalue weighted by Crippen LogP contribution is 2.24. The van der Waals surface area contributed by atoms with E-state index in [1.165, 1.54) is 0 Å². The maximum absolute atomic E-state index is 12.5. The van der Waals surface area contributed by atoms with Crippen LogP contribution in [-0.2, 0) is 0 Å². The fourth-order valence-electron chi connectivity index (χ4n) is 2.64. The molecule has 1 amide bonds. The summed E-state index contributed by atoms with van der Waals surface area (Å²) in [5.74, 6) is 0.473. The lowest BCUT2D eigenvalue weighted by atomic mass is 10.0. The predicted octanol–water partition coefficient (Wildman–Crippen LogP) is 4.47. The molecule has 0 saturated carbocycles. The first-order valence-electron chi connectivity index (χ1n) is 8.58. The van der Waals surface area contributed by atoms with Gasteiger partial charge in [0.25, 0.3) is 5.91 Å². The fraction of sp³-hybridized carbons (Fsp3) is 0.143. The van der Waals surface area contributed by atoms with E-state index in [0.717, 1.165) is 16.9 Å². The summed E-state index contributed by atoms with van der Waals surface area (Å²) in [6.07, 6.45) is 0. The number of aromatic nitrogens is 2. The smallest absolute Gasteiger partial charge is 0.276 e. The van der Waals surface area contributed by atoms with Gasteiger partial charge in [0.05, 0.1) is 11.6 Å². The molecular weight excluding hydrogens is 338 g/mol. The van der Waals surface area contributed by atoms with Gasteiger partial charge in [-0.2, -0.15) is 5.26 Å². The van der Waals surface area contributed by atoms with Crippen molar-refractivity contribution in [3.8, 4) is 6.07 Å². The molecule has 0 fully saturated rings. The lowest BCUT2D eigenvalue weighted by molar-refractivity contribution is 0.102. The van der Waals surface area contributed by atoms with Crippen LogP contribution in [-0.4, -0.2) is 16.1 Å². The van der Waals surface area contributed by atoms with Crippen molar-refractivity contribution in [1.29, 1.82) is 5.26 Å². The van der Waals surface area contributed by atoms with Crippen molar-refractivity contribution in [2.24, 2.45) is 0 Å². The number of carbonyl (C=O) groups excluding carboxylic acids is 1. The number of nitrogens with one attached hydrogen (secondary N) is 2. The first-order chi connectivity index (χ1) is 13.1. The third-order valence-electron chi connectivity index (χ3n) is 3.99. The molecule has 2 N–H and O–H groups in total. The van der Waals surface area contributed by atoms with Crippen LogP contribution in [0.4, 0.5) is 17.2 Å². The Hall–Kier alpha value is -3.72. The standard InChI is InChI=1S/C21H19N5O/c1-14(2)17-8-3-4-9-18(17)24-21(27)19-10-11-20(26-25-19)23-16-7-5-6-15(12-16)13-22/h3-12,14H,1-2H3,(H,23,26)(H,24,27). The van der Waals surface area contributed by atoms with Crippen molar-refractivity contribution in [3.63, 3.8) is 0 Å². The predicted molar refractivity (Wildman–Crippen MR) is 105 cm³/mol. The van der Waals surface area contributed by atoms with Gasteiger partial charge in [0.2, 0.25) is 0 Å². The quantitative estimate of drug-likeness (QED) is 0.703. The Balaban J connectivity index is 1.72. The average molecular weight is 357 g/mol. The average Bonchev–Trinajstić information content (AvgIpc) is 2.69. The van der Waals surface area contributed by atoms with E-state index in [4.69, 9.17) is 5.26 Å². The third kappa shape index (κ3) is 4.47. The summed E-state index contributed by atoms with van der Waals surface area (Å²) in [6.45, 7) is 4.15. The zero-order valence-corrected chi connectivity index (χ0v) is 15.1. The Bertz CT molecular complexity index is 990. The molecule has 0 atom stereocenters. The number of carbonyl (C=O) groups is 1. The monoisotopic (exact) mass is 357 g/mol. The van der Waals surface area contributed by atoms with Gasteiger partial charge in [-0.3, -0.25) is 4.79 Å². The van der Waals surface area contributed by atoms with Crippen LogP contribution in [0.5, 0.6) is 0 Å². The SMILES string of the molecule is CC(C)c1ccccc1NC(=O)c1ccc(Nc2cccc(C#N)c2)nn1. The summed E-state index contributed by atoms with van der Waals surface area (Å²) in [5, 5.41) is 23.0. The van der Waals surface area contributed by atoms with E-state index >= 15 is 0 Å². The number of nitriles is 1. The fourth-order valence-corrected chi connectivity index (χ4v) is 2.64. The molecule has 134 valence electrons. The molecule has 0 aliphatic heterocycles. The van der Waals surface area contributed by atoms with E-state index in [9.17, 15) is 4.79 Å². The molecule has 0 radical (unpaired) electrons. The van der Waals surface area contributed by atoms with Crippen molar-refractivity contribution in [1.82, 2.24) is 10.2 Å². The van der Waals surface area contributed by atoms with E-state index in [2.05, 4.69) is 40.7 Å². The van der Waals surface area contributed by atoms with E-state index in [0.29, 0.717) is 17.3 Å². The van der Waals surface area contributed by atoms with Gasteiger partial charge in [-0.05, 0) is 47.9 Å². The second-order valence-electron chi connectivity index (χ2n) is 6.32. The van der Waals surface area contributed by atoms with Gasteiger partial charge in [0.15, 0.2) is 11.5 Å². The Morgan fingerprint density at radius 3 is 2.56 bits per heavy atom. The van der Waals surface area contributed by atoms with Crippen molar-refractivity contribution in [2.75, 3.05) is 10.6 Å².